The Morgan fingerprint density at radius 2 is 2.00 bits per heavy atom. The van der Waals surface area contributed by atoms with Crippen LogP contribution < -0.4 is 0 Å². The highest BCUT2D eigenvalue weighted by Gasteiger charge is 2.02. The lowest BCUT2D eigenvalue weighted by molar-refractivity contribution is 1.04. The summed E-state index contributed by atoms with van der Waals surface area (Å²) in [7, 11) is 0. The molecule has 56 valence electrons. The summed E-state index contributed by atoms with van der Waals surface area (Å²) < 4.78 is 0. The molecule has 1 aromatic heterocycles. The van der Waals surface area contributed by atoms with Crippen molar-refractivity contribution in [1.82, 2.24) is 4.98 Å². The minimum atomic E-state index is 1.15. The van der Waals surface area contributed by atoms with Crippen LogP contribution in [0.5, 0.6) is 0 Å². The zero-order valence-corrected chi connectivity index (χ0v) is 6.99. The average Bonchev–Trinajstić information content (AvgIpc) is 2.30. The quantitative estimate of drug-likeness (QED) is 0.644. The second kappa shape index (κ2) is 2.91. The fourth-order valence-corrected chi connectivity index (χ4v) is 1.42. The molecule has 0 aliphatic heterocycles. The molecule has 10 heavy (non-hydrogen) atoms. The first kappa shape index (κ1) is 7.39. The molecule has 1 aromatic rings. The lowest BCUT2D eigenvalue weighted by Crippen LogP contribution is -1.86. The zero-order chi connectivity index (χ0) is 7.56. The summed E-state index contributed by atoms with van der Waals surface area (Å²) in [6.45, 7) is 6.54. The van der Waals surface area contributed by atoms with Gasteiger partial charge in [-0.3, -0.25) is 0 Å². The molecule has 0 aliphatic carbocycles. The Labute approximate surface area is 62.5 Å². The molecule has 0 bridgehead atoms. The van der Waals surface area contributed by atoms with Crippen LogP contribution in [0.4, 0.5) is 0 Å². The fourth-order valence-electron chi connectivity index (χ4n) is 1.42. The number of aromatic amines is 1. The Kier molecular flexibility index (Phi) is 2.15. The predicted octanol–water partition coefficient (Wildman–Crippen LogP) is 2.45. The van der Waals surface area contributed by atoms with Crippen LogP contribution in [0.3, 0.4) is 0 Å². The first-order chi connectivity index (χ1) is 4.79. The standard InChI is InChI=1S/C9H15N/c1-4-8-6-10-7(3)9(8)5-2/h6,10H,4-5H2,1-3H3. The van der Waals surface area contributed by atoms with E-state index < -0.39 is 0 Å². The Morgan fingerprint density at radius 3 is 2.40 bits per heavy atom. The minimum absolute atomic E-state index is 1.15. The predicted molar refractivity (Wildman–Crippen MR) is 44.3 cm³/mol. The van der Waals surface area contributed by atoms with E-state index >= 15 is 0 Å². The van der Waals surface area contributed by atoms with Crippen LogP contribution in [0.1, 0.15) is 30.7 Å². The molecular formula is C9H15N. The molecule has 0 unspecified atom stereocenters. The topological polar surface area (TPSA) is 15.8 Å². The van der Waals surface area contributed by atoms with Crippen molar-refractivity contribution >= 4 is 0 Å². The molecule has 1 nitrogen and oxygen atoms in total. The van der Waals surface area contributed by atoms with E-state index in [2.05, 4.69) is 32.0 Å². The fraction of sp³-hybridized carbons (Fsp3) is 0.556. The lowest BCUT2D eigenvalue weighted by atomic mass is 10.1. The first-order valence-electron chi connectivity index (χ1n) is 3.95. The summed E-state index contributed by atoms with van der Waals surface area (Å²) in [5, 5.41) is 0. The normalized spacial score (nSPS) is 10.3. The smallest absolute Gasteiger partial charge is 0.0150 e. The third kappa shape index (κ3) is 1.08. The molecule has 0 radical (unpaired) electrons. The van der Waals surface area contributed by atoms with Gasteiger partial charge < -0.3 is 4.98 Å². The molecular weight excluding hydrogens is 122 g/mol. The van der Waals surface area contributed by atoms with Crippen molar-refractivity contribution in [2.24, 2.45) is 0 Å². The largest absolute Gasteiger partial charge is 0.365 e. The summed E-state index contributed by atoms with van der Waals surface area (Å²) in [6.07, 6.45) is 4.42. The van der Waals surface area contributed by atoms with Gasteiger partial charge in [0.1, 0.15) is 0 Å². The molecule has 1 heteroatoms. The molecule has 0 saturated carbocycles. The van der Waals surface area contributed by atoms with Crippen LogP contribution in [0.2, 0.25) is 0 Å². The van der Waals surface area contributed by atoms with Crippen LogP contribution in [-0.4, -0.2) is 4.98 Å². The van der Waals surface area contributed by atoms with Crippen molar-refractivity contribution in [3.05, 3.63) is 23.0 Å². The van der Waals surface area contributed by atoms with Crippen molar-refractivity contribution in [2.75, 3.05) is 0 Å². The lowest BCUT2D eigenvalue weighted by Gasteiger charge is -1.96. The van der Waals surface area contributed by atoms with E-state index in [0.29, 0.717) is 0 Å². The van der Waals surface area contributed by atoms with E-state index in [-0.39, 0.29) is 0 Å². The van der Waals surface area contributed by atoms with Gasteiger partial charge in [-0.15, -0.1) is 0 Å². The van der Waals surface area contributed by atoms with Crippen molar-refractivity contribution in [2.45, 2.75) is 33.6 Å². The minimum Gasteiger partial charge on any atom is -0.365 e. The number of aryl methyl sites for hydroxylation is 2. The van der Waals surface area contributed by atoms with Gasteiger partial charge in [-0.25, -0.2) is 0 Å². The maximum absolute atomic E-state index is 3.24. The summed E-state index contributed by atoms with van der Waals surface area (Å²) in [6, 6.07) is 0. The van der Waals surface area contributed by atoms with Gasteiger partial charge in [0, 0.05) is 11.9 Å². The maximum atomic E-state index is 3.24. The van der Waals surface area contributed by atoms with Crippen LogP contribution in [-0.2, 0) is 12.8 Å². The van der Waals surface area contributed by atoms with Gasteiger partial charge in [-0.05, 0) is 30.9 Å². The van der Waals surface area contributed by atoms with E-state index in [1.807, 2.05) is 0 Å². The molecule has 1 N–H and O–H groups in total. The molecule has 0 spiro atoms. The number of aromatic nitrogens is 1. The van der Waals surface area contributed by atoms with Crippen LogP contribution in [0, 0.1) is 6.92 Å². The molecule has 0 aromatic carbocycles. The van der Waals surface area contributed by atoms with E-state index in [0.717, 1.165) is 12.8 Å². The van der Waals surface area contributed by atoms with Gasteiger partial charge in [0.25, 0.3) is 0 Å². The van der Waals surface area contributed by atoms with Gasteiger partial charge in [-0.1, -0.05) is 13.8 Å². The second-order valence-electron chi connectivity index (χ2n) is 2.62. The third-order valence-electron chi connectivity index (χ3n) is 2.04. The average molecular weight is 137 g/mol. The molecule has 1 rings (SSSR count). The number of hydrogen-bond donors (Lipinski definition) is 1. The Bertz CT molecular complexity index is 211. The van der Waals surface area contributed by atoms with Crippen LogP contribution in [0.25, 0.3) is 0 Å². The third-order valence-corrected chi connectivity index (χ3v) is 2.04. The molecule has 0 fully saturated rings. The highest BCUT2D eigenvalue weighted by Crippen LogP contribution is 2.13. The Hall–Kier alpha value is -0.720. The highest BCUT2D eigenvalue weighted by atomic mass is 14.7. The molecule has 0 amide bonds. The maximum Gasteiger partial charge on any atom is 0.0150 e. The van der Waals surface area contributed by atoms with Crippen LogP contribution >= 0.6 is 0 Å². The molecule has 0 aliphatic rings. The van der Waals surface area contributed by atoms with Crippen molar-refractivity contribution in [3.8, 4) is 0 Å². The summed E-state index contributed by atoms with van der Waals surface area (Å²) in [5.41, 5.74) is 4.31. The summed E-state index contributed by atoms with van der Waals surface area (Å²) in [4.78, 5) is 3.24. The van der Waals surface area contributed by atoms with E-state index in [4.69, 9.17) is 0 Å². The van der Waals surface area contributed by atoms with Gasteiger partial charge >= 0.3 is 0 Å². The second-order valence-corrected chi connectivity index (χ2v) is 2.62. The van der Waals surface area contributed by atoms with Crippen LogP contribution in [0.15, 0.2) is 6.20 Å². The number of hydrogen-bond acceptors (Lipinski definition) is 0. The molecule has 1 heterocycles. The SMILES string of the molecule is CCc1c[nH]c(C)c1CC. The number of rotatable bonds is 2. The first-order valence-corrected chi connectivity index (χ1v) is 3.95. The highest BCUT2D eigenvalue weighted by molar-refractivity contribution is 5.29. The number of nitrogens with one attached hydrogen (secondary N) is 1. The van der Waals surface area contributed by atoms with Gasteiger partial charge in [0.05, 0.1) is 0 Å². The summed E-state index contributed by atoms with van der Waals surface area (Å²) in [5.74, 6) is 0. The zero-order valence-electron chi connectivity index (χ0n) is 6.99. The monoisotopic (exact) mass is 137 g/mol. The van der Waals surface area contributed by atoms with Crippen molar-refractivity contribution in [3.63, 3.8) is 0 Å². The Morgan fingerprint density at radius 1 is 1.30 bits per heavy atom. The Balaban J connectivity index is 3.01. The van der Waals surface area contributed by atoms with Crippen molar-refractivity contribution < 1.29 is 0 Å². The van der Waals surface area contributed by atoms with Gasteiger partial charge in [-0.2, -0.15) is 0 Å². The van der Waals surface area contributed by atoms with E-state index in [9.17, 15) is 0 Å². The van der Waals surface area contributed by atoms with Gasteiger partial charge in [0.2, 0.25) is 0 Å². The number of H-pyrrole nitrogens is 1. The van der Waals surface area contributed by atoms with E-state index in [1.165, 1.54) is 16.8 Å². The molecule has 0 saturated heterocycles. The van der Waals surface area contributed by atoms with Gasteiger partial charge in [0.15, 0.2) is 0 Å². The molecule has 0 atom stereocenters. The van der Waals surface area contributed by atoms with E-state index in [1.54, 1.807) is 0 Å². The van der Waals surface area contributed by atoms with Crippen molar-refractivity contribution in [1.29, 1.82) is 0 Å². The summed E-state index contributed by atoms with van der Waals surface area (Å²) >= 11 is 0.